The fourth-order valence-electron chi connectivity index (χ4n) is 2.04. The Hall–Kier alpha value is -1.65. The van der Waals surface area contributed by atoms with Crippen LogP contribution >= 0.6 is 11.3 Å². The summed E-state index contributed by atoms with van der Waals surface area (Å²) in [5.74, 6) is -0.295. The van der Waals surface area contributed by atoms with Crippen LogP contribution in [0.5, 0.6) is 0 Å². The van der Waals surface area contributed by atoms with Crippen molar-refractivity contribution in [2.24, 2.45) is 0 Å². The standard InChI is InChI=1S/C16H19NO2S/c1-12(15-5-4-10-20-15)17(2)11-13-6-8-14(9-7-13)16(18)19-3/h4-10,12H,11H2,1-3H3. The first-order valence-corrected chi connectivity index (χ1v) is 7.40. The zero-order valence-electron chi connectivity index (χ0n) is 12.0. The third-order valence-electron chi connectivity index (χ3n) is 3.42. The molecule has 2 aromatic rings. The molecule has 1 atom stereocenters. The van der Waals surface area contributed by atoms with Gasteiger partial charge in [0.2, 0.25) is 0 Å². The summed E-state index contributed by atoms with van der Waals surface area (Å²) in [6.45, 7) is 3.05. The molecule has 0 bridgehead atoms. The molecule has 1 aromatic carbocycles. The molecule has 4 heteroatoms. The third kappa shape index (κ3) is 3.46. The van der Waals surface area contributed by atoms with Gasteiger partial charge >= 0.3 is 5.97 Å². The average molecular weight is 289 g/mol. The Kier molecular flexibility index (Phi) is 4.93. The molecule has 1 unspecified atom stereocenters. The van der Waals surface area contributed by atoms with Crippen LogP contribution in [0.3, 0.4) is 0 Å². The lowest BCUT2D eigenvalue weighted by atomic mass is 10.1. The Balaban J connectivity index is 2.01. The number of methoxy groups -OCH3 is 1. The molecule has 1 heterocycles. The number of benzene rings is 1. The van der Waals surface area contributed by atoms with E-state index in [9.17, 15) is 4.79 Å². The predicted molar refractivity (Wildman–Crippen MR) is 82.0 cm³/mol. The van der Waals surface area contributed by atoms with Gasteiger partial charge in [0.05, 0.1) is 12.7 Å². The van der Waals surface area contributed by atoms with Crippen LogP contribution in [0.15, 0.2) is 41.8 Å². The molecule has 0 spiro atoms. The number of ether oxygens (including phenoxy) is 1. The first-order chi connectivity index (χ1) is 9.61. The Bertz CT molecular complexity index is 548. The van der Waals surface area contributed by atoms with Crippen LogP contribution in [-0.4, -0.2) is 25.0 Å². The number of hydrogen-bond acceptors (Lipinski definition) is 4. The number of hydrogen-bond donors (Lipinski definition) is 0. The van der Waals surface area contributed by atoms with Gasteiger partial charge in [-0.2, -0.15) is 0 Å². The summed E-state index contributed by atoms with van der Waals surface area (Å²) in [6.07, 6.45) is 0. The molecule has 0 aliphatic carbocycles. The van der Waals surface area contributed by atoms with E-state index in [1.165, 1.54) is 17.6 Å². The minimum atomic E-state index is -0.295. The van der Waals surface area contributed by atoms with Gasteiger partial charge in [-0.1, -0.05) is 18.2 Å². The minimum absolute atomic E-state index is 0.295. The second-order valence-corrected chi connectivity index (χ2v) is 5.77. The fraction of sp³-hybridized carbons (Fsp3) is 0.312. The van der Waals surface area contributed by atoms with Crippen LogP contribution in [0, 0.1) is 0 Å². The summed E-state index contributed by atoms with van der Waals surface area (Å²) in [5.41, 5.74) is 1.77. The maximum absolute atomic E-state index is 11.4. The van der Waals surface area contributed by atoms with Crippen molar-refractivity contribution < 1.29 is 9.53 Å². The number of thiophene rings is 1. The van der Waals surface area contributed by atoms with Crippen molar-refractivity contribution in [3.8, 4) is 0 Å². The number of rotatable bonds is 5. The Morgan fingerprint density at radius 2 is 2.00 bits per heavy atom. The smallest absolute Gasteiger partial charge is 0.337 e. The molecular formula is C16H19NO2S. The Morgan fingerprint density at radius 3 is 2.55 bits per heavy atom. The molecule has 0 aliphatic rings. The van der Waals surface area contributed by atoms with Crippen molar-refractivity contribution in [3.05, 3.63) is 57.8 Å². The number of nitrogens with zero attached hydrogens (tertiary/aromatic N) is 1. The lowest BCUT2D eigenvalue weighted by Gasteiger charge is -2.23. The summed E-state index contributed by atoms with van der Waals surface area (Å²) in [7, 11) is 3.51. The molecule has 0 amide bonds. The van der Waals surface area contributed by atoms with Gasteiger partial charge in [0.25, 0.3) is 0 Å². The topological polar surface area (TPSA) is 29.5 Å². The van der Waals surface area contributed by atoms with Crippen molar-refractivity contribution in [2.75, 3.05) is 14.2 Å². The molecule has 20 heavy (non-hydrogen) atoms. The van der Waals surface area contributed by atoms with E-state index in [1.807, 2.05) is 24.3 Å². The summed E-state index contributed by atoms with van der Waals surface area (Å²) in [4.78, 5) is 15.0. The van der Waals surface area contributed by atoms with Gasteiger partial charge in [-0.05, 0) is 43.1 Å². The van der Waals surface area contributed by atoms with Gasteiger partial charge in [-0.15, -0.1) is 11.3 Å². The number of esters is 1. The van der Waals surface area contributed by atoms with Crippen molar-refractivity contribution in [1.82, 2.24) is 4.90 Å². The molecule has 0 radical (unpaired) electrons. The first-order valence-electron chi connectivity index (χ1n) is 6.52. The predicted octanol–water partition coefficient (Wildman–Crippen LogP) is 3.73. The highest BCUT2D eigenvalue weighted by Gasteiger charge is 2.13. The van der Waals surface area contributed by atoms with E-state index in [-0.39, 0.29) is 5.97 Å². The molecule has 3 nitrogen and oxygen atoms in total. The number of carbonyl (C=O) groups excluding carboxylic acids is 1. The Labute approximate surface area is 123 Å². The van der Waals surface area contributed by atoms with E-state index in [2.05, 4.69) is 36.4 Å². The zero-order chi connectivity index (χ0) is 14.5. The monoisotopic (exact) mass is 289 g/mol. The van der Waals surface area contributed by atoms with Crippen molar-refractivity contribution >= 4 is 17.3 Å². The SMILES string of the molecule is COC(=O)c1ccc(CN(C)C(C)c2cccs2)cc1. The molecule has 1 aromatic heterocycles. The lowest BCUT2D eigenvalue weighted by Crippen LogP contribution is -2.21. The third-order valence-corrected chi connectivity index (χ3v) is 4.47. The maximum atomic E-state index is 11.4. The lowest BCUT2D eigenvalue weighted by molar-refractivity contribution is 0.0600. The second kappa shape index (κ2) is 6.68. The summed E-state index contributed by atoms with van der Waals surface area (Å²) >= 11 is 1.78. The molecule has 0 saturated heterocycles. The van der Waals surface area contributed by atoms with Crippen molar-refractivity contribution in [3.63, 3.8) is 0 Å². The van der Waals surface area contributed by atoms with Gasteiger partial charge in [0.1, 0.15) is 0 Å². The minimum Gasteiger partial charge on any atom is -0.465 e. The van der Waals surface area contributed by atoms with Crippen LogP contribution in [0.2, 0.25) is 0 Å². The van der Waals surface area contributed by atoms with E-state index in [1.54, 1.807) is 11.3 Å². The van der Waals surface area contributed by atoms with Crippen molar-refractivity contribution in [2.45, 2.75) is 19.5 Å². The average Bonchev–Trinajstić information content (AvgIpc) is 3.00. The fourth-order valence-corrected chi connectivity index (χ4v) is 2.88. The molecule has 0 aliphatic heterocycles. The van der Waals surface area contributed by atoms with Crippen LogP contribution in [0.25, 0.3) is 0 Å². The van der Waals surface area contributed by atoms with E-state index < -0.39 is 0 Å². The normalized spacial score (nSPS) is 12.4. The van der Waals surface area contributed by atoms with E-state index >= 15 is 0 Å². The van der Waals surface area contributed by atoms with E-state index in [0.717, 1.165) is 6.54 Å². The molecule has 0 saturated carbocycles. The van der Waals surface area contributed by atoms with Gasteiger partial charge in [-0.3, -0.25) is 4.90 Å². The van der Waals surface area contributed by atoms with Gasteiger partial charge < -0.3 is 4.74 Å². The van der Waals surface area contributed by atoms with E-state index in [0.29, 0.717) is 11.6 Å². The van der Waals surface area contributed by atoms with Crippen molar-refractivity contribution in [1.29, 1.82) is 0 Å². The number of carbonyl (C=O) groups is 1. The van der Waals surface area contributed by atoms with Crippen LogP contribution in [0.4, 0.5) is 0 Å². The summed E-state index contributed by atoms with van der Waals surface area (Å²) in [5, 5.41) is 2.10. The highest BCUT2D eigenvalue weighted by atomic mass is 32.1. The van der Waals surface area contributed by atoms with Gasteiger partial charge in [0, 0.05) is 17.5 Å². The second-order valence-electron chi connectivity index (χ2n) is 4.80. The molecule has 0 fully saturated rings. The highest BCUT2D eigenvalue weighted by molar-refractivity contribution is 7.10. The van der Waals surface area contributed by atoms with E-state index in [4.69, 9.17) is 4.74 Å². The Morgan fingerprint density at radius 1 is 1.30 bits per heavy atom. The summed E-state index contributed by atoms with van der Waals surface area (Å²) in [6, 6.07) is 12.2. The van der Waals surface area contributed by atoms with Crippen LogP contribution in [-0.2, 0) is 11.3 Å². The quantitative estimate of drug-likeness (QED) is 0.786. The molecular weight excluding hydrogens is 270 g/mol. The zero-order valence-corrected chi connectivity index (χ0v) is 12.8. The van der Waals surface area contributed by atoms with Gasteiger partial charge in [0.15, 0.2) is 0 Å². The summed E-state index contributed by atoms with van der Waals surface area (Å²) < 4.78 is 4.70. The van der Waals surface area contributed by atoms with Crippen LogP contribution in [0.1, 0.15) is 33.8 Å². The largest absolute Gasteiger partial charge is 0.465 e. The maximum Gasteiger partial charge on any atom is 0.337 e. The molecule has 0 N–H and O–H groups in total. The molecule has 106 valence electrons. The first kappa shape index (κ1) is 14.8. The highest BCUT2D eigenvalue weighted by Crippen LogP contribution is 2.24. The van der Waals surface area contributed by atoms with Crippen LogP contribution < -0.4 is 0 Å². The van der Waals surface area contributed by atoms with Gasteiger partial charge in [-0.25, -0.2) is 4.79 Å². The molecule has 2 rings (SSSR count).